The SMILES string of the molecule is c1ccc(-c2nc(-c3ccccc3)nc(-c3ccc(-n4c5ccccc5c5ccc6c7ccccc7n(-c7nc(-c8ccccc8)nc(-c8cccc9oc%10ccccc%10c89)n7)c6c54)cc3)n2)cc1. The number of fused-ring (bicyclic) bond motifs is 10. The van der Waals surface area contributed by atoms with E-state index in [2.05, 4.69) is 106 Å². The van der Waals surface area contributed by atoms with E-state index in [4.69, 9.17) is 34.3 Å². The molecule has 0 N–H and O–H groups in total. The molecule has 14 rings (SSSR count). The Balaban J connectivity index is 1.02. The first kappa shape index (κ1) is 38.6. The topological polar surface area (TPSA) is 100 Å². The van der Waals surface area contributed by atoms with Gasteiger partial charge in [-0.05, 0) is 48.5 Å². The van der Waals surface area contributed by atoms with E-state index in [0.717, 1.165) is 99.1 Å². The van der Waals surface area contributed by atoms with Gasteiger partial charge in [0.2, 0.25) is 5.95 Å². The van der Waals surface area contributed by atoms with E-state index >= 15 is 0 Å². The van der Waals surface area contributed by atoms with E-state index in [1.165, 1.54) is 0 Å². The summed E-state index contributed by atoms with van der Waals surface area (Å²) in [5.41, 5.74) is 11.1. The number of hydrogen-bond acceptors (Lipinski definition) is 7. The van der Waals surface area contributed by atoms with Crippen molar-refractivity contribution >= 4 is 65.6 Å². The Morgan fingerprint density at radius 3 is 1.32 bits per heavy atom. The maximum Gasteiger partial charge on any atom is 0.238 e. The van der Waals surface area contributed by atoms with Crippen LogP contribution in [-0.2, 0) is 0 Å². The largest absolute Gasteiger partial charge is 0.456 e. The summed E-state index contributed by atoms with van der Waals surface area (Å²) in [5.74, 6) is 3.46. The van der Waals surface area contributed by atoms with Gasteiger partial charge in [0, 0.05) is 65.8 Å². The molecule has 0 radical (unpaired) electrons. The highest BCUT2D eigenvalue weighted by Gasteiger charge is 2.25. The highest BCUT2D eigenvalue weighted by atomic mass is 16.3. The van der Waals surface area contributed by atoms with Gasteiger partial charge in [-0.3, -0.25) is 4.57 Å². The van der Waals surface area contributed by atoms with Gasteiger partial charge in [0.05, 0.1) is 22.1 Å². The molecule has 69 heavy (non-hydrogen) atoms. The Bertz CT molecular complexity index is 4240. The monoisotopic (exact) mass is 884 g/mol. The molecule has 0 saturated heterocycles. The van der Waals surface area contributed by atoms with Crippen LogP contribution in [0.3, 0.4) is 0 Å². The van der Waals surface area contributed by atoms with Crippen molar-refractivity contribution in [3.63, 3.8) is 0 Å². The minimum absolute atomic E-state index is 0.507. The molecule has 0 unspecified atom stereocenters. The second-order valence-electron chi connectivity index (χ2n) is 17.1. The zero-order valence-electron chi connectivity index (χ0n) is 36.8. The molecule has 0 aliphatic rings. The molecule has 0 atom stereocenters. The van der Waals surface area contributed by atoms with Crippen molar-refractivity contribution < 1.29 is 4.42 Å². The van der Waals surface area contributed by atoms with Gasteiger partial charge in [0.15, 0.2) is 29.1 Å². The van der Waals surface area contributed by atoms with Crippen LogP contribution >= 0.6 is 0 Å². The van der Waals surface area contributed by atoms with Crippen LogP contribution in [0.5, 0.6) is 0 Å². The third-order valence-electron chi connectivity index (χ3n) is 13.1. The number of rotatable bonds is 7. The minimum Gasteiger partial charge on any atom is -0.456 e. The van der Waals surface area contributed by atoms with Crippen molar-refractivity contribution in [1.82, 2.24) is 39.0 Å². The van der Waals surface area contributed by atoms with E-state index in [9.17, 15) is 0 Å². The Morgan fingerprint density at radius 2 is 0.725 bits per heavy atom. The van der Waals surface area contributed by atoms with Crippen LogP contribution in [0.1, 0.15) is 0 Å². The van der Waals surface area contributed by atoms with Crippen molar-refractivity contribution in [2.45, 2.75) is 0 Å². The summed E-state index contributed by atoms with van der Waals surface area (Å²) in [4.78, 5) is 31.0. The first-order valence-corrected chi connectivity index (χ1v) is 22.9. The summed E-state index contributed by atoms with van der Waals surface area (Å²) in [6.07, 6.45) is 0. The van der Waals surface area contributed by atoms with Gasteiger partial charge in [0.25, 0.3) is 0 Å². The molecule has 0 aliphatic carbocycles. The average Bonchev–Trinajstić information content (AvgIpc) is 4.09. The van der Waals surface area contributed by atoms with E-state index in [0.29, 0.717) is 35.1 Å². The van der Waals surface area contributed by atoms with Crippen molar-refractivity contribution in [2.75, 3.05) is 0 Å². The lowest BCUT2D eigenvalue weighted by atomic mass is 10.1. The fourth-order valence-corrected chi connectivity index (χ4v) is 9.94. The lowest BCUT2D eigenvalue weighted by molar-refractivity contribution is 0.669. The van der Waals surface area contributed by atoms with Gasteiger partial charge in [0.1, 0.15) is 11.2 Å². The molecular weight excluding hydrogens is 849 g/mol. The van der Waals surface area contributed by atoms with Crippen molar-refractivity contribution in [2.24, 2.45) is 0 Å². The molecule has 9 heteroatoms. The molecule has 0 aliphatic heterocycles. The Hall–Kier alpha value is -9.60. The molecule has 5 aromatic heterocycles. The molecule has 14 aromatic rings. The molecule has 0 amide bonds. The molecule has 9 nitrogen and oxygen atoms in total. The summed E-state index contributed by atoms with van der Waals surface area (Å²) in [7, 11) is 0. The molecular formula is C60H36N8O. The molecule has 5 heterocycles. The van der Waals surface area contributed by atoms with Crippen LogP contribution < -0.4 is 0 Å². The fraction of sp³-hybridized carbons (Fsp3) is 0. The second-order valence-corrected chi connectivity index (χ2v) is 17.1. The minimum atomic E-state index is 0.507. The van der Waals surface area contributed by atoms with Crippen LogP contribution in [-0.4, -0.2) is 39.0 Å². The predicted octanol–water partition coefficient (Wildman–Crippen LogP) is 14.5. The van der Waals surface area contributed by atoms with Crippen molar-refractivity contribution in [3.8, 4) is 68.6 Å². The normalized spacial score (nSPS) is 11.8. The van der Waals surface area contributed by atoms with Gasteiger partial charge < -0.3 is 8.98 Å². The van der Waals surface area contributed by atoms with Gasteiger partial charge in [-0.15, -0.1) is 0 Å². The smallest absolute Gasteiger partial charge is 0.238 e. The quantitative estimate of drug-likeness (QED) is 0.157. The standard InChI is InChI=1S/C60H36N8O/c1-4-17-37(18-5-1)55-61-56(38-19-6-2-7-20-38)63-57(62-55)40-31-33-41(34-32-40)67-48-27-13-10-23-42(48)44-35-36-45-43-24-11-14-28-49(43)68(54(45)53(44)67)60-65-58(39-21-8-3-9-22-39)64-59(66-60)47-26-16-30-51-52(47)46-25-12-15-29-50(46)69-51/h1-36H. The first-order valence-electron chi connectivity index (χ1n) is 22.9. The highest BCUT2D eigenvalue weighted by molar-refractivity contribution is 6.23. The van der Waals surface area contributed by atoms with E-state index < -0.39 is 0 Å². The number of para-hydroxylation sites is 3. The summed E-state index contributed by atoms with van der Waals surface area (Å²) in [5, 5.41) is 6.37. The second kappa shape index (κ2) is 15.5. The number of hydrogen-bond donors (Lipinski definition) is 0. The number of furan rings is 1. The first-order chi connectivity index (χ1) is 34.2. The maximum absolute atomic E-state index is 6.37. The highest BCUT2D eigenvalue weighted by Crippen LogP contribution is 2.43. The zero-order chi connectivity index (χ0) is 45.4. The van der Waals surface area contributed by atoms with E-state index in [-0.39, 0.29) is 0 Å². The summed E-state index contributed by atoms with van der Waals surface area (Å²) in [6, 6.07) is 74.6. The van der Waals surface area contributed by atoms with Gasteiger partial charge in [-0.1, -0.05) is 170 Å². The molecule has 0 fully saturated rings. The zero-order valence-corrected chi connectivity index (χ0v) is 36.8. The third kappa shape index (κ3) is 6.25. The summed E-state index contributed by atoms with van der Waals surface area (Å²) >= 11 is 0. The summed E-state index contributed by atoms with van der Waals surface area (Å²) < 4.78 is 11.0. The number of nitrogens with zero attached hydrogens (tertiary/aromatic N) is 8. The molecule has 322 valence electrons. The predicted molar refractivity (Wildman–Crippen MR) is 276 cm³/mol. The molecule has 9 aromatic carbocycles. The summed E-state index contributed by atoms with van der Waals surface area (Å²) in [6.45, 7) is 0. The molecule has 0 saturated carbocycles. The number of benzene rings is 9. The fourth-order valence-electron chi connectivity index (χ4n) is 9.94. The van der Waals surface area contributed by atoms with Gasteiger partial charge >= 0.3 is 0 Å². The van der Waals surface area contributed by atoms with Crippen LogP contribution in [0.2, 0.25) is 0 Å². The van der Waals surface area contributed by atoms with Crippen LogP contribution in [0, 0.1) is 0 Å². The van der Waals surface area contributed by atoms with Crippen molar-refractivity contribution in [3.05, 3.63) is 218 Å². The number of aromatic nitrogens is 8. The molecule has 0 bridgehead atoms. The van der Waals surface area contributed by atoms with Gasteiger partial charge in [-0.25, -0.2) is 19.9 Å². The lowest BCUT2D eigenvalue weighted by Crippen LogP contribution is -2.07. The van der Waals surface area contributed by atoms with E-state index in [1.807, 2.05) is 121 Å². The van der Waals surface area contributed by atoms with Crippen LogP contribution in [0.4, 0.5) is 0 Å². The Morgan fingerprint density at radius 1 is 0.290 bits per heavy atom. The maximum atomic E-state index is 6.37. The Labute approximate surface area is 394 Å². The van der Waals surface area contributed by atoms with Crippen LogP contribution in [0.15, 0.2) is 223 Å². The third-order valence-corrected chi connectivity index (χ3v) is 13.1. The average molecular weight is 885 g/mol. The van der Waals surface area contributed by atoms with E-state index in [1.54, 1.807) is 0 Å². The Kier molecular flexibility index (Phi) is 8.68. The van der Waals surface area contributed by atoms with Crippen molar-refractivity contribution in [1.29, 1.82) is 0 Å². The lowest BCUT2D eigenvalue weighted by Gasteiger charge is -2.14. The van der Waals surface area contributed by atoms with Gasteiger partial charge in [-0.2, -0.15) is 9.97 Å². The van der Waals surface area contributed by atoms with Crippen LogP contribution in [0.25, 0.3) is 134 Å². The molecule has 0 spiro atoms.